The second-order valence-corrected chi connectivity index (χ2v) is 6.51. The van der Waals surface area contributed by atoms with Gasteiger partial charge in [-0.3, -0.25) is 4.79 Å². The van der Waals surface area contributed by atoms with Gasteiger partial charge in [-0.25, -0.2) is 4.39 Å². The smallest absolute Gasteiger partial charge is 0.322 e. The van der Waals surface area contributed by atoms with Crippen LogP contribution in [0.25, 0.3) is 0 Å². The average molecular weight is 355 g/mol. The summed E-state index contributed by atoms with van der Waals surface area (Å²) in [6, 6.07) is 10.4. The lowest BCUT2D eigenvalue weighted by atomic mass is 10.1. The first kappa shape index (κ1) is 16.8. The lowest BCUT2D eigenvalue weighted by Crippen LogP contribution is -2.31. The first-order valence-corrected chi connectivity index (χ1v) is 8.27. The van der Waals surface area contributed by atoms with Crippen LogP contribution in [0.5, 0.6) is 0 Å². The molecule has 7 heteroatoms. The number of carbonyl (C=O) groups is 1. The molecule has 0 spiro atoms. The van der Waals surface area contributed by atoms with E-state index < -0.39 is 28.8 Å². The van der Waals surface area contributed by atoms with Crippen LogP contribution in [0.1, 0.15) is 26.9 Å². The minimum absolute atomic E-state index is 0.0530. The Morgan fingerprint density at radius 2 is 1.88 bits per heavy atom. The third kappa shape index (κ3) is 3.26. The van der Waals surface area contributed by atoms with Crippen molar-refractivity contribution in [3.05, 3.63) is 71.0 Å². The van der Waals surface area contributed by atoms with E-state index in [9.17, 15) is 22.4 Å². The van der Waals surface area contributed by atoms with Crippen molar-refractivity contribution < 1.29 is 22.4 Å². The summed E-state index contributed by atoms with van der Waals surface area (Å²) in [6.45, 7) is 0.316. The Labute approximate surface area is 140 Å². The van der Waals surface area contributed by atoms with E-state index in [0.717, 1.165) is 12.1 Å². The standard InChI is InChI=1S/C17H13F4NOS/c18-12-5-3-4-11(10-12)15(23)22-8-9-24-16(22)13-6-1-2-7-14(13)17(19,20)21/h1-7,10,16H,8-9H2/t16-/m0/s1. The Kier molecular flexibility index (Phi) is 4.54. The van der Waals surface area contributed by atoms with Gasteiger partial charge in [-0.1, -0.05) is 24.3 Å². The number of rotatable bonds is 2. The third-order valence-electron chi connectivity index (χ3n) is 3.76. The van der Waals surface area contributed by atoms with Gasteiger partial charge in [0.1, 0.15) is 11.2 Å². The molecule has 1 aliphatic rings. The molecule has 2 nitrogen and oxygen atoms in total. The largest absolute Gasteiger partial charge is 0.416 e. The minimum Gasteiger partial charge on any atom is -0.322 e. The summed E-state index contributed by atoms with van der Waals surface area (Å²) in [7, 11) is 0. The number of alkyl halides is 3. The van der Waals surface area contributed by atoms with Crippen molar-refractivity contribution in [1.82, 2.24) is 4.90 Å². The molecular formula is C17H13F4NOS. The van der Waals surface area contributed by atoms with Crippen LogP contribution in [0.15, 0.2) is 48.5 Å². The Bertz CT molecular complexity index is 762. The van der Waals surface area contributed by atoms with Crippen LogP contribution in [-0.4, -0.2) is 23.1 Å². The molecule has 0 aliphatic carbocycles. The molecule has 0 radical (unpaired) electrons. The Morgan fingerprint density at radius 1 is 1.12 bits per heavy atom. The molecular weight excluding hydrogens is 342 g/mol. The number of nitrogens with zero attached hydrogens (tertiary/aromatic N) is 1. The molecule has 1 fully saturated rings. The van der Waals surface area contributed by atoms with Gasteiger partial charge in [0.2, 0.25) is 0 Å². The molecule has 126 valence electrons. The molecule has 2 aromatic rings. The number of hydrogen-bond donors (Lipinski definition) is 0. The SMILES string of the molecule is O=C(c1cccc(F)c1)N1CCS[C@H]1c1ccccc1C(F)(F)F. The van der Waals surface area contributed by atoms with Crippen LogP contribution >= 0.6 is 11.8 Å². The fraction of sp³-hybridized carbons (Fsp3) is 0.235. The molecule has 0 unspecified atom stereocenters. The maximum atomic E-state index is 13.3. The van der Waals surface area contributed by atoms with E-state index in [1.54, 1.807) is 0 Å². The molecule has 0 N–H and O–H groups in total. The zero-order valence-electron chi connectivity index (χ0n) is 12.4. The van der Waals surface area contributed by atoms with Crippen molar-refractivity contribution >= 4 is 17.7 Å². The first-order chi connectivity index (χ1) is 11.4. The second-order valence-electron chi connectivity index (χ2n) is 5.32. The number of benzene rings is 2. The molecule has 3 rings (SSSR count). The van der Waals surface area contributed by atoms with Crippen molar-refractivity contribution in [3.8, 4) is 0 Å². The van der Waals surface area contributed by atoms with Crippen LogP contribution in [0.4, 0.5) is 17.6 Å². The van der Waals surface area contributed by atoms with E-state index in [1.807, 2.05) is 0 Å². The second kappa shape index (κ2) is 6.47. The molecule has 0 bridgehead atoms. The number of hydrogen-bond acceptors (Lipinski definition) is 2. The maximum Gasteiger partial charge on any atom is 0.416 e. The Hall–Kier alpha value is -2.02. The minimum atomic E-state index is -4.49. The van der Waals surface area contributed by atoms with Gasteiger partial charge >= 0.3 is 6.18 Å². The van der Waals surface area contributed by atoms with Crippen molar-refractivity contribution in [2.24, 2.45) is 0 Å². The normalized spacial score (nSPS) is 18.0. The molecule has 2 aromatic carbocycles. The Morgan fingerprint density at radius 3 is 2.58 bits per heavy atom. The predicted molar refractivity (Wildman–Crippen MR) is 84.1 cm³/mol. The first-order valence-electron chi connectivity index (χ1n) is 7.22. The number of thioether (sulfide) groups is 1. The van der Waals surface area contributed by atoms with E-state index >= 15 is 0 Å². The highest BCUT2D eigenvalue weighted by Crippen LogP contribution is 2.44. The van der Waals surface area contributed by atoms with Crippen molar-refractivity contribution in [2.75, 3.05) is 12.3 Å². The van der Waals surface area contributed by atoms with Crippen molar-refractivity contribution in [1.29, 1.82) is 0 Å². The fourth-order valence-corrected chi connectivity index (χ4v) is 3.99. The number of carbonyl (C=O) groups excluding carboxylic acids is 1. The topological polar surface area (TPSA) is 20.3 Å². The quantitative estimate of drug-likeness (QED) is 0.726. The van der Waals surface area contributed by atoms with E-state index in [1.165, 1.54) is 53.1 Å². The fourth-order valence-electron chi connectivity index (χ4n) is 2.69. The number of amides is 1. The maximum absolute atomic E-state index is 13.3. The molecule has 0 saturated carbocycles. The van der Waals surface area contributed by atoms with Crippen molar-refractivity contribution in [2.45, 2.75) is 11.6 Å². The van der Waals surface area contributed by atoms with Gasteiger partial charge in [0.25, 0.3) is 5.91 Å². The summed E-state index contributed by atoms with van der Waals surface area (Å²) in [5.41, 5.74) is -0.564. The summed E-state index contributed by atoms with van der Waals surface area (Å²) in [5.74, 6) is -0.501. The summed E-state index contributed by atoms with van der Waals surface area (Å²) >= 11 is 1.27. The highest BCUT2D eigenvalue weighted by Gasteiger charge is 2.39. The van der Waals surface area contributed by atoms with Crippen LogP contribution in [0, 0.1) is 5.82 Å². The van der Waals surface area contributed by atoms with Crippen molar-refractivity contribution in [3.63, 3.8) is 0 Å². The highest BCUT2D eigenvalue weighted by molar-refractivity contribution is 7.99. The van der Waals surface area contributed by atoms with E-state index in [2.05, 4.69) is 0 Å². The molecule has 0 aromatic heterocycles. The molecule has 1 aliphatic heterocycles. The molecule has 24 heavy (non-hydrogen) atoms. The van der Waals surface area contributed by atoms with Gasteiger partial charge < -0.3 is 4.90 Å². The Balaban J connectivity index is 1.96. The lowest BCUT2D eigenvalue weighted by Gasteiger charge is -2.26. The van der Waals surface area contributed by atoms with E-state index in [-0.39, 0.29) is 11.1 Å². The summed E-state index contributed by atoms with van der Waals surface area (Å²) in [6.07, 6.45) is -4.49. The molecule has 1 atom stereocenters. The van der Waals surface area contributed by atoms with Gasteiger partial charge in [-0.05, 0) is 29.8 Å². The zero-order valence-corrected chi connectivity index (χ0v) is 13.2. The summed E-state index contributed by atoms with van der Waals surface area (Å²) < 4.78 is 53.1. The van der Waals surface area contributed by atoms with Gasteiger partial charge in [-0.2, -0.15) is 13.2 Å². The van der Waals surface area contributed by atoms with Gasteiger partial charge in [0, 0.05) is 17.9 Å². The third-order valence-corrected chi connectivity index (χ3v) is 5.00. The summed E-state index contributed by atoms with van der Waals surface area (Å²) in [4.78, 5) is 14.0. The monoisotopic (exact) mass is 355 g/mol. The predicted octanol–water partition coefficient (Wildman–Crippen LogP) is 4.73. The van der Waals surface area contributed by atoms with Crippen LogP contribution in [-0.2, 0) is 6.18 Å². The molecule has 1 amide bonds. The molecule has 1 saturated heterocycles. The van der Waals surface area contributed by atoms with Gasteiger partial charge in [0.05, 0.1) is 5.56 Å². The van der Waals surface area contributed by atoms with E-state index in [0.29, 0.717) is 12.3 Å². The highest BCUT2D eigenvalue weighted by atomic mass is 32.2. The van der Waals surface area contributed by atoms with Gasteiger partial charge in [0.15, 0.2) is 0 Å². The average Bonchev–Trinajstić information content (AvgIpc) is 3.03. The van der Waals surface area contributed by atoms with Crippen LogP contribution in [0.3, 0.4) is 0 Å². The van der Waals surface area contributed by atoms with Gasteiger partial charge in [-0.15, -0.1) is 11.8 Å². The molecule has 1 heterocycles. The van der Waals surface area contributed by atoms with Crippen LogP contribution in [0.2, 0.25) is 0 Å². The zero-order chi connectivity index (χ0) is 17.3. The van der Waals surface area contributed by atoms with Crippen LogP contribution < -0.4 is 0 Å². The number of halogens is 4. The lowest BCUT2D eigenvalue weighted by molar-refractivity contribution is -0.138. The summed E-state index contributed by atoms with van der Waals surface area (Å²) in [5, 5.41) is -0.737. The van der Waals surface area contributed by atoms with E-state index in [4.69, 9.17) is 0 Å².